The van der Waals surface area contributed by atoms with Crippen molar-refractivity contribution in [2.45, 2.75) is 109 Å². The van der Waals surface area contributed by atoms with Crippen LogP contribution in [0.15, 0.2) is 29.4 Å². The standard InChI is InChI=1S/C27H42N2O5/c1-2-3-4-5-8-13-24(30)27(19-10-7-6-9-14-25(31)32)20-11-12-23(27)29-28-22-17-15-21(16-18-22)26(33)34/h15-18,24,28,30H,2-14,19-20H2,1H3,(H,31,32)(H,33,34)/b29-23+. The van der Waals surface area contributed by atoms with Gasteiger partial charge in [-0.05, 0) is 62.8 Å². The number of hydrogen-bond donors (Lipinski definition) is 4. The Balaban J connectivity index is 2.05. The first-order chi connectivity index (χ1) is 16.4. The number of nitrogens with zero attached hydrogens (tertiary/aromatic N) is 1. The van der Waals surface area contributed by atoms with Gasteiger partial charge in [-0.3, -0.25) is 10.2 Å². The number of unbranched alkanes of at least 4 members (excludes halogenated alkanes) is 7. The Hall–Kier alpha value is -2.41. The molecule has 190 valence electrons. The predicted octanol–water partition coefficient (Wildman–Crippen LogP) is 6.47. The van der Waals surface area contributed by atoms with Gasteiger partial charge in [0, 0.05) is 17.5 Å². The van der Waals surface area contributed by atoms with Crippen LogP contribution in [-0.2, 0) is 4.79 Å². The summed E-state index contributed by atoms with van der Waals surface area (Å²) in [6.07, 6.45) is 13.4. The Morgan fingerprint density at radius 3 is 2.35 bits per heavy atom. The van der Waals surface area contributed by atoms with E-state index in [-0.39, 0.29) is 17.4 Å². The first kappa shape index (κ1) is 27.8. The summed E-state index contributed by atoms with van der Waals surface area (Å²) in [6, 6.07) is 6.51. The van der Waals surface area contributed by atoms with Gasteiger partial charge in [0.2, 0.25) is 0 Å². The lowest BCUT2D eigenvalue weighted by molar-refractivity contribution is -0.137. The fourth-order valence-electron chi connectivity index (χ4n) is 5.03. The van der Waals surface area contributed by atoms with Crippen LogP contribution in [0.5, 0.6) is 0 Å². The molecule has 0 amide bonds. The zero-order chi connectivity index (χ0) is 24.8. The van der Waals surface area contributed by atoms with Crippen molar-refractivity contribution in [3.05, 3.63) is 29.8 Å². The molecule has 7 nitrogen and oxygen atoms in total. The number of aliphatic carboxylic acids is 1. The van der Waals surface area contributed by atoms with E-state index in [1.807, 2.05) is 0 Å². The van der Waals surface area contributed by atoms with Gasteiger partial charge in [-0.1, -0.05) is 58.3 Å². The summed E-state index contributed by atoms with van der Waals surface area (Å²) < 4.78 is 0. The van der Waals surface area contributed by atoms with Crippen molar-refractivity contribution in [2.24, 2.45) is 10.5 Å². The second-order valence-electron chi connectivity index (χ2n) is 9.59. The number of rotatable bonds is 17. The molecule has 34 heavy (non-hydrogen) atoms. The van der Waals surface area contributed by atoms with Crippen molar-refractivity contribution in [2.75, 3.05) is 5.43 Å². The minimum Gasteiger partial charge on any atom is -0.481 e. The lowest BCUT2D eigenvalue weighted by Crippen LogP contribution is -2.39. The highest BCUT2D eigenvalue weighted by Gasteiger charge is 2.45. The molecule has 1 fully saturated rings. The summed E-state index contributed by atoms with van der Waals surface area (Å²) >= 11 is 0. The van der Waals surface area contributed by atoms with Crippen molar-refractivity contribution in [1.29, 1.82) is 0 Å². The molecule has 0 saturated heterocycles. The van der Waals surface area contributed by atoms with Crippen molar-refractivity contribution < 1.29 is 24.9 Å². The van der Waals surface area contributed by atoms with Gasteiger partial charge >= 0.3 is 11.9 Å². The molecule has 1 aliphatic carbocycles. The highest BCUT2D eigenvalue weighted by Crippen LogP contribution is 2.45. The van der Waals surface area contributed by atoms with E-state index in [1.165, 1.54) is 19.3 Å². The van der Waals surface area contributed by atoms with Gasteiger partial charge in [-0.15, -0.1) is 0 Å². The van der Waals surface area contributed by atoms with E-state index in [4.69, 9.17) is 15.3 Å². The molecule has 0 bridgehead atoms. The molecule has 2 atom stereocenters. The molecule has 0 heterocycles. The Morgan fingerprint density at radius 2 is 1.68 bits per heavy atom. The number of carboxylic acids is 2. The summed E-state index contributed by atoms with van der Waals surface area (Å²) in [4.78, 5) is 21.8. The first-order valence-electron chi connectivity index (χ1n) is 13.0. The maximum absolute atomic E-state index is 11.3. The van der Waals surface area contributed by atoms with Gasteiger partial charge in [0.05, 0.1) is 17.4 Å². The van der Waals surface area contributed by atoms with Crippen LogP contribution in [0.4, 0.5) is 5.69 Å². The molecule has 0 aliphatic heterocycles. The minimum atomic E-state index is -0.960. The fourth-order valence-corrected chi connectivity index (χ4v) is 5.03. The van der Waals surface area contributed by atoms with Gasteiger partial charge in [0.25, 0.3) is 0 Å². The van der Waals surface area contributed by atoms with Crippen LogP contribution in [0, 0.1) is 5.41 Å². The monoisotopic (exact) mass is 474 g/mol. The van der Waals surface area contributed by atoms with Crippen molar-refractivity contribution in [3.63, 3.8) is 0 Å². The predicted molar refractivity (Wildman–Crippen MR) is 135 cm³/mol. The molecular weight excluding hydrogens is 432 g/mol. The van der Waals surface area contributed by atoms with Gasteiger partial charge < -0.3 is 15.3 Å². The number of aliphatic hydroxyl groups is 1. The quantitative estimate of drug-likeness (QED) is 0.152. The molecular formula is C27H42N2O5. The van der Waals surface area contributed by atoms with Crippen LogP contribution in [0.25, 0.3) is 0 Å². The molecule has 0 aromatic heterocycles. The molecule has 1 saturated carbocycles. The van der Waals surface area contributed by atoms with Crippen molar-refractivity contribution >= 4 is 23.3 Å². The van der Waals surface area contributed by atoms with E-state index in [9.17, 15) is 14.7 Å². The minimum absolute atomic E-state index is 0.211. The zero-order valence-electron chi connectivity index (χ0n) is 20.6. The maximum atomic E-state index is 11.3. The van der Waals surface area contributed by atoms with E-state index < -0.39 is 18.0 Å². The molecule has 7 heteroatoms. The average Bonchev–Trinajstić information content (AvgIpc) is 3.23. The fraction of sp³-hybridized carbons (Fsp3) is 0.667. The number of aliphatic hydroxyl groups excluding tert-OH is 1. The van der Waals surface area contributed by atoms with Crippen LogP contribution in [0.3, 0.4) is 0 Å². The summed E-state index contributed by atoms with van der Waals surface area (Å²) in [7, 11) is 0. The van der Waals surface area contributed by atoms with Gasteiger partial charge in [-0.25, -0.2) is 4.79 Å². The Kier molecular flexibility index (Phi) is 12.1. The number of anilines is 1. The van der Waals surface area contributed by atoms with E-state index in [0.29, 0.717) is 6.42 Å². The number of hydrazone groups is 1. The Labute approximate surface area is 203 Å². The smallest absolute Gasteiger partial charge is 0.335 e. The number of carboxylic acid groups (broad SMARTS) is 2. The topological polar surface area (TPSA) is 119 Å². The number of benzene rings is 1. The number of nitrogens with one attached hydrogen (secondary N) is 1. The summed E-state index contributed by atoms with van der Waals surface area (Å²) in [5, 5.41) is 34.0. The number of carbonyl (C=O) groups is 2. The van der Waals surface area contributed by atoms with Gasteiger partial charge in [0.1, 0.15) is 0 Å². The highest BCUT2D eigenvalue weighted by atomic mass is 16.4. The van der Waals surface area contributed by atoms with E-state index in [2.05, 4.69) is 12.3 Å². The molecule has 1 aromatic carbocycles. The second kappa shape index (κ2) is 14.8. The van der Waals surface area contributed by atoms with Gasteiger partial charge in [-0.2, -0.15) is 5.10 Å². The third-order valence-corrected chi connectivity index (χ3v) is 7.05. The SMILES string of the molecule is CCCCCCCC(O)C1(CCCCCCC(=O)O)CCC/C1=N\Nc1ccc(C(=O)O)cc1. The van der Waals surface area contributed by atoms with Crippen LogP contribution >= 0.6 is 0 Å². The van der Waals surface area contributed by atoms with Crippen LogP contribution in [-0.4, -0.2) is 39.1 Å². The molecule has 1 aromatic rings. The van der Waals surface area contributed by atoms with E-state index in [1.54, 1.807) is 24.3 Å². The van der Waals surface area contributed by atoms with E-state index in [0.717, 1.165) is 75.6 Å². The van der Waals surface area contributed by atoms with Crippen LogP contribution in [0.2, 0.25) is 0 Å². The lowest BCUT2D eigenvalue weighted by Gasteiger charge is -2.35. The van der Waals surface area contributed by atoms with Crippen LogP contribution in [0.1, 0.15) is 114 Å². The summed E-state index contributed by atoms with van der Waals surface area (Å²) in [5.41, 5.74) is 4.70. The molecule has 2 unspecified atom stereocenters. The molecule has 1 aliphatic rings. The van der Waals surface area contributed by atoms with Crippen molar-refractivity contribution in [3.8, 4) is 0 Å². The summed E-state index contributed by atoms with van der Waals surface area (Å²) in [5.74, 6) is -1.71. The Morgan fingerprint density at radius 1 is 1.00 bits per heavy atom. The summed E-state index contributed by atoms with van der Waals surface area (Å²) in [6.45, 7) is 2.20. The molecule has 0 radical (unpaired) electrons. The number of hydrogen-bond acceptors (Lipinski definition) is 5. The largest absolute Gasteiger partial charge is 0.481 e. The Bertz CT molecular complexity index is 793. The second-order valence-corrected chi connectivity index (χ2v) is 9.59. The van der Waals surface area contributed by atoms with Crippen molar-refractivity contribution in [1.82, 2.24) is 0 Å². The van der Waals surface area contributed by atoms with Gasteiger partial charge in [0.15, 0.2) is 0 Å². The van der Waals surface area contributed by atoms with Crippen LogP contribution < -0.4 is 5.43 Å². The zero-order valence-corrected chi connectivity index (χ0v) is 20.6. The first-order valence-corrected chi connectivity index (χ1v) is 13.0. The third-order valence-electron chi connectivity index (χ3n) is 7.05. The third kappa shape index (κ3) is 8.75. The lowest BCUT2D eigenvalue weighted by atomic mass is 9.73. The number of aromatic carboxylic acids is 1. The maximum Gasteiger partial charge on any atom is 0.335 e. The van der Waals surface area contributed by atoms with E-state index >= 15 is 0 Å². The normalized spacial score (nSPS) is 19.9. The molecule has 4 N–H and O–H groups in total. The molecule has 2 rings (SSSR count). The molecule has 0 spiro atoms. The highest BCUT2D eigenvalue weighted by molar-refractivity contribution is 5.93. The average molecular weight is 475 g/mol.